The van der Waals surface area contributed by atoms with Gasteiger partial charge in [0.05, 0.1) is 0 Å². The second-order valence-electron chi connectivity index (χ2n) is 8.16. The van der Waals surface area contributed by atoms with E-state index in [-0.39, 0.29) is 0 Å². The van der Waals surface area contributed by atoms with Crippen molar-refractivity contribution < 1.29 is 4.74 Å². The van der Waals surface area contributed by atoms with Crippen molar-refractivity contribution in [1.82, 2.24) is 15.3 Å². The number of thiocarbonyl (C=S) groups is 1. The molecule has 3 heterocycles. The minimum absolute atomic E-state index is 0.541. The third-order valence-corrected chi connectivity index (χ3v) is 6.08. The molecule has 0 amide bonds. The van der Waals surface area contributed by atoms with Gasteiger partial charge in [0.2, 0.25) is 5.95 Å². The molecular weight excluding hydrogens is 408 g/mol. The summed E-state index contributed by atoms with van der Waals surface area (Å²) < 4.78 is 5.09. The van der Waals surface area contributed by atoms with E-state index in [0.717, 1.165) is 50.8 Å². The average molecular weight is 441 g/mol. The Labute approximate surface area is 190 Å². The lowest BCUT2D eigenvalue weighted by Crippen LogP contribution is -2.31. The van der Waals surface area contributed by atoms with Crippen molar-refractivity contribution in [3.8, 4) is 0 Å². The van der Waals surface area contributed by atoms with Crippen molar-refractivity contribution in [3.05, 3.63) is 41.5 Å². The van der Waals surface area contributed by atoms with Crippen LogP contribution in [0.2, 0.25) is 0 Å². The van der Waals surface area contributed by atoms with Crippen molar-refractivity contribution in [1.29, 1.82) is 0 Å². The highest BCUT2D eigenvalue weighted by Crippen LogP contribution is 2.30. The van der Waals surface area contributed by atoms with Gasteiger partial charge in [0.1, 0.15) is 11.6 Å². The Morgan fingerprint density at radius 1 is 1.00 bits per heavy atom. The maximum atomic E-state index is 5.47. The van der Waals surface area contributed by atoms with Crippen LogP contribution in [-0.4, -0.2) is 48.4 Å². The van der Waals surface area contributed by atoms with E-state index < -0.39 is 0 Å². The Bertz CT molecular complexity index is 859. The summed E-state index contributed by atoms with van der Waals surface area (Å²) in [6, 6.07) is 10.7. The summed E-state index contributed by atoms with van der Waals surface area (Å²) >= 11 is 5.47. The van der Waals surface area contributed by atoms with Crippen LogP contribution in [0.25, 0.3) is 0 Å². The molecule has 0 saturated carbocycles. The summed E-state index contributed by atoms with van der Waals surface area (Å²) in [6.07, 6.45) is 5.88. The molecule has 2 aromatic rings. The van der Waals surface area contributed by atoms with Crippen LogP contribution in [0.3, 0.4) is 0 Å². The van der Waals surface area contributed by atoms with Gasteiger partial charge in [-0.25, -0.2) is 0 Å². The van der Waals surface area contributed by atoms with Gasteiger partial charge in [0.25, 0.3) is 0 Å². The number of ether oxygens (including phenoxy) is 1. The van der Waals surface area contributed by atoms with E-state index in [9.17, 15) is 0 Å². The topological polar surface area (TPSA) is 65.6 Å². The Balaban J connectivity index is 1.53. The highest BCUT2D eigenvalue weighted by Gasteiger charge is 2.22. The number of anilines is 3. The van der Waals surface area contributed by atoms with Crippen molar-refractivity contribution >= 4 is 34.9 Å². The molecule has 0 atom stereocenters. The fraction of sp³-hybridized carbons (Fsp3) is 0.522. The maximum absolute atomic E-state index is 5.47. The highest BCUT2D eigenvalue weighted by atomic mass is 32.1. The van der Waals surface area contributed by atoms with Crippen LogP contribution >= 0.6 is 12.2 Å². The Kier molecular flexibility index (Phi) is 7.53. The zero-order chi connectivity index (χ0) is 21.5. The van der Waals surface area contributed by atoms with Gasteiger partial charge in [-0.2, -0.15) is 9.97 Å². The molecule has 1 fully saturated rings. The van der Waals surface area contributed by atoms with Crippen molar-refractivity contribution in [3.63, 3.8) is 0 Å². The number of fused-ring (bicyclic) bond motifs is 1. The lowest BCUT2D eigenvalue weighted by atomic mass is 10.1. The Morgan fingerprint density at radius 2 is 1.65 bits per heavy atom. The predicted molar refractivity (Wildman–Crippen MR) is 130 cm³/mol. The molecule has 0 spiro atoms. The van der Waals surface area contributed by atoms with E-state index in [0.29, 0.717) is 17.7 Å². The van der Waals surface area contributed by atoms with E-state index >= 15 is 0 Å². The second kappa shape index (κ2) is 10.7. The van der Waals surface area contributed by atoms with E-state index in [4.69, 9.17) is 26.9 Å². The van der Waals surface area contributed by atoms with Crippen molar-refractivity contribution in [2.24, 2.45) is 0 Å². The highest BCUT2D eigenvalue weighted by molar-refractivity contribution is 7.80. The monoisotopic (exact) mass is 440 g/mol. The van der Waals surface area contributed by atoms with Gasteiger partial charge >= 0.3 is 0 Å². The number of methoxy groups -OCH3 is 1. The minimum atomic E-state index is 0.541. The molecule has 1 aromatic heterocycles. The first-order chi connectivity index (χ1) is 15.2. The van der Waals surface area contributed by atoms with E-state index in [1.54, 1.807) is 7.11 Å². The van der Waals surface area contributed by atoms with Gasteiger partial charge in [0, 0.05) is 52.5 Å². The first-order valence-electron chi connectivity index (χ1n) is 11.2. The van der Waals surface area contributed by atoms with E-state index in [2.05, 4.69) is 50.8 Å². The molecule has 2 N–H and O–H groups in total. The number of nitrogens with zero attached hydrogens (tertiary/aromatic N) is 4. The Hall–Kier alpha value is -2.45. The third kappa shape index (κ3) is 5.83. The fourth-order valence-corrected chi connectivity index (χ4v) is 4.35. The molecule has 1 saturated heterocycles. The molecule has 4 rings (SSSR count). The maximum Gasteiger partial charge on any atom is 0.232 e. The summed E-state index contributed by atoms with van der Waals surface area (Å²) in [7, 11) is 1.71. The van der Waals surface area contributed by atoms with Gasteiger partial charge in [-0.05, 0) is 42.6 Å². The molecule has 7 nitrogen and oxygen atoms in total. The molecule has 0 aliphatic carbocycles. The lowest BCUT2D eigenvalue weighted by molar-refractivity contribution is 0.196. The normalized spacial score (nSPS) is 16.0. The largest absolute Gasteiger partial charge is 0.385 e. The van der Waals surface area contributed by atoms with Crippen LogP contribution in [0.5, 0.6) is 0 Å². The first-order valence-corrected chi connectivity index (χ1v) is 11.6. The standard InChI is InChI=1S/C23H32N6OS/c1-30-14-8-11-24-23(31)27-22-25-20(28-12-6-2-3-7-13-28)15-21(26-22)29-16-18-9-4-5-10-19(18)17-29/h4-5,9-10,15H,2-3,6-8,11-14,16-17H2,1H3,(H2,24,25,26,27,31). The summed E-state index contributed by atoms with van der Waals surface area (Å²) in [5.74, 6) is 2.47. The molecule has 166 valence electrons. The smallest absolute Gasteiger partial charge is 0.232 e. The van der Waals surface area contributed by atoms with Gasteiger partial charge in [-0.3, -0.25) is 0 Å². The zero-order valence-corrected chi connectivity index (χ0v) is 19.1. The number of hydrogen-bond acceptors (Lipinski definition) is 6. The van der Waals surface area contributed by atoms with Crippen LogP contribution in [0, 0.1) is 0 Å². The van der Waals surface area contributed by atoms with Gasteiger partial charge in [0.15, 0.2) is 5.11 Å². The molecule has 1 aromatic carbocycles. The lowest BCUT2D eigenvalue weighted by Gasteiger charge is -2.25. The first kappa shape index (κ1) is 21.8. The summed E-state index contributed by atoms with van der Waals surface area (Å²) in [5.41, 5.74) is 2.73. The molecule has 0 bridgehead atoms. The molecule has 31 heavy (non-hydrogen) atoms. The van der Waals surface area contributed by atoms with Crippen molar-refractivity contribution in [2.75, 3.05) is 48.5 Å². The van der Waals surface area contributed by atoms with Gasteiger partial charge in [-0.1, -0.05) is 37.1 Å². The summed E-state index contributed by atoms with van der Waals surface area (Å²) in [6.45, 7) is 5.26. The van der Waals surface area contributed by atoms with E-state index in [1.807, 2.05) is 0 Å². The quantitative estimate of drug-likeness (QED) is 0.499. The molecule has 2 aliphatic rings. The number of rotatable bonds is 7. The van der Waals surface area contributed by atoms with Gasteiger partial charge in [-0.15, -0.1) is 0 Å². The molecular formula is C23H32N6OS. The fourth-order valence-electron chi connectivity index (χ4n) is 4.16. The summed E-state index contributed by atoms with van der Waals surface area (Å²) in [4.78, 5) is 14.4. The average Bonchev–Trinajstić information content (AvgIpc) is 3.03. The molecule has 0 radical (unpaired) electrons. The molecule has 0 unspecified atom stereocenters. The number of hydrogen-bond donors (Lipinski definition) is 2. The van der Waals surface area contributed by atoms with Crippen LogP contribution in [0.1, 0.15) is 43.2 Å². The number of aromatic nitrogens is 2. The molecule has 8 heteroatoms. The van der Waals surface area contributed by atoms with E-state index in [1.165, 1.54) is 36.8 Å². The van der Waals surface area contributed by atoms with Crippen LogP contribution in [-0.2, 0) is 17.8 Å². The van der Waals surface area contributed by atoms with Crippen LogP contribution in [0.15, 0.2) is 30.3 Å². The predicted octanol–water partition coefficient (Wildman–Crippen LogP) is 3.70. The number of benzene rings is 1. The number of nitrogens with one attached hydrogen (secondary N) is 2. The van der Waals surface area contributed by atoms with Crippen LogP contribution < -0.4 is 20.4 Å². The van der Waals surface area contributed by atoms with Gasteiger partial charge < -0.3 is 25.2 Å². The zero-order valence-electron chi connectivity index (χ0n) is 18.3. The molecule has 2 aliphatic heterocycles. The summed E-state index contributed by atoms with van der Waals surface area (Å²) in [5, 5.41) is 6.96. The Morgan fingerprint density at radius 3 is 2.29 bits per heavy atom. The third-order valence-electron chi connectivity index (χ3n) is 5.83. The van der Waals surface area contributed by atoms with Crippen LogP contribution in [0.4, 0.5) is 17.6 Å². The SMILES string of the molecule is COCCCNC(=S)Nc1nc(N2CCCCCC2)cc(N2Cc3ccccc3C2)n1. The minimum Gasteiger partial charge on any atom is -0.385 e. The second-order valence-corrected chi connectivity index (χ2v) is 8.57. The van der Waals surface area contributed by atoms with Crippen molar-refractivity contribution in [2.45, 2.75) is 45.2 Å².